The van der Waals surface area contributed by atoms with Gasteiger partial charge < -0.3 is 9.47 Å². The van der Waals surface area contributed by atoms with Crippen molar-refractivity contribution in [2.45, 2.75) is 0 Å². The lowest BCUT2D eigenvalue weighted by Crippen LogP contribution is -2.10. The van der Waals surface area contributed by atoms with E-state index in [4.69, 9.17) is 0 Å². The van der Waals surface area contributed by atoms with Gasteiger partial charge in [-0.1, -0.05) is 158 Å². The molecule has 0 bridgehead atoms. The summed E-state index contributed by atoms with van der Waals surface area (Å²) in [6.07, 6.45) is 0. The Morgan fingerprint density at radius 1 is 0.268 bits per heavy atom. The average molecular weight is 713 g/mol. The Labute approximate surface area is 325 Å². The fourth-order valence-corrected chi connectivity index (χ4v) is 8.66. The van der Waals surface area contributed by atoms with E-state index in [1.165, 1.54) is 76.4 Å². The van der Waals surface area contributed by atoms with Crippen molar-refractivity contribution in [3.05, 3.63) is 218 Å². The molecule has 0 N–H and O–H groups in total. The van der Waals surface area contributed by atoms with Gasteiger partial charge in [-0.25, -0.2) is 0 Å². The van der Waals surface area contributed by atoms with Gasteiger partial charge in [-0.3, -0.25) is 0 Å². The van der Waals surface area contributed by atoms with Gasteiger partial charge in [0.2, 0.25) is 0 Å². The van der Waals surface area contributed by atoms with E-state index in [1.807, 2.05) is 0 Å². The van der Waals surface area contributed by atoms with Crippen molar-refractivity contribution in [2.75, 3.05) is 4.90 Å². The maximum Gasteiger partial charge on any atom is 0.0561 e. The third-order valence-corrected chi connectivity index (χ3v) is 11.3. The Kier molecular flexibility index (Phi) is 7.53. The summed E-state index contributed by atoms with van der Waals surface area (Å²) in [5, 5.41) is 10.1. The quantitative estimate of drug-likeness (QED) is 0.156. The highest BCUT2D eigenvalue weighted by molar-refractivity contribution is 6.18. The molecule has 0 amide bonds. The molecule has 0 saturated heterocycles. The Balaban J connectivity index is 1.06. The third-order valence-electron chi connectivity index (χ3n) is 11.3. The lowest BCUT2D eigenvalue weighted by molar-refractivity contribution is 1.18. The number of hydrogen-bond donors (Lipinski definition) is 0. The van der Waals surface area contributed by atoms with Gasteiger partial charge in [-0.05, 0) is 115 Å². The molecule has 0 radical (unpaired) electrons. The second-order valence-corrected chi connectivity index (χ2v) is 14.6. The van der Waals surface area contributed by atoms with Gasteiger partial charge >= 0.3 is 0 Å². The predicted molar refractivity (Wildman–Crippen MR) is 239 cm³/mol. The fourth-order valence-electron chi connectivity index (χ4n) is 8.66. The van der Waals surface area contributed by atoms with Gasteiger partial charge in [0.05, 0.1) is 11.0 Å². The molecule has 11 aromatic rings. The molecule has 56 heavy (non-hydrogen) atoms. The topological polar surface area (TPSA) is 8.17 Å². The number of nitrogens with zero attached hydrogens (tertiary/aromatic N) is 2. The molecular weight excluding hydrogens is 677 g/mol. The van der Waals surface area contributed by atoms with Crippen molar-refractivity contribution in [2.24, 2.45) is 0 Å². The van der Waals surface area contributed by atoms with Crippen molar-refractivity contribution in [3.8, 4) is 27.9 Å². The van der Waals surface area contributed by atoms with Gasteiger partial charge in [0, 0.05) is 33.5 Å². The summed E-state index contributed by atoms with van der Waals surface area (Å²) in [5.41, 5.74) is 11.6. The number of para-hydroxylation sites is 2. The molecule has 0 atom stereocenters. The smallest absolute Gasteiger partial charge is 0.0561 e. The minimum absolute atomic E-state index is 1.10. The van der Waals surface area contributed by atoms with Crippen LogP contribution in [-0.4, -0.2) is 4.57 Å². The van der Waals surface area contributed by atoms with Crippen molar-refractivity contribution < 1.29 is 0 Å². The fraction of sp³-hybridized carbons (Fsp3) is 0. The van der Waals surface area contributed by atoms with Crippen LogP contribution in [0.4, 0.5) is 17.1 Å². The zero-order valence-electron chi connectivity index (χ0n) is 30.7. The van der Waals surface area contributed by atoms with E-state index in [0.717, 1.165) is 22.7 Å². The van der Waals surface area contributed by atoms with Gasteiger partial charge in [-0.15, -0.1) is 0 Å². The van der Waals surface area contributed by atoms with Crippen LogP contribution in [0, 0.1) is 0 Å². The standard InChI is InChI=1S/C54H36N2/c1-3-12-37(13-4-1)41-15-11-18-45(34-41)55(46-30-33-51-50-20-9-10-21-53(50)56(54(51)36-46)43-16-5-2-6-17-43)44-28-24-38(25-29-44)42-23-22-40-27-31-48-47-19-8-7-14-39(47)26-32-49(48)52(40)35-42/h1-36H. The highest BCUT2D eigenvalue weighted by Crippen LogP contribution is 2.41. The minimum atomic E-state index is 1.10. The first kappa shape index (κ1) is 32.0. The van der Waals surface area contributed by atoms with E-state index in [0.29, 0.717) is 0 Å². The van der Waals surface area contributed by atoms with Crippen LogP contribution in [0.1, 0.15) is 0 Å². The lowest BCUT2D eigenvalue weighted by Gasteiger charge is -2.26. The molecule has 10 aromatic carbocycles. The first-order valence-electron chi connectivity index (χ1n) is 19.3. The molecule has 0 aliphatic rings. The summed E-state index contributed by atoms with van der Waals surface area (Å²) in [5.74, 6) is 0. The van der Waals surface area contributed by atoms with Gasteiger partial charge in [-0.2, -0.15) is 0 Å². The number of rotatable bonds is 6. The predicted octanol–water partition coefficient (Wildman–Crippen LogP) is 15.0. The van der Waals surface area contributed by atoms with Gasteiger partial charge in [0.25, 0.3) is 0 Å². The molecule has 0 fully saturated rings. The van der Waals surface area contributed by atoms with Crippen LogP contribution in [0.5, 0.6) is 0 Å². The van der Waals surface area contributed by atoms with E-state index in [9.17, 15) is 0 Å². The molecule has 0 aliphatic heterocycles. The molecule has 1 aromatic heterocycles. The molecule has 2 heteroatoms. The highest BCUT2D eigenvalue weighted by Gasteiger charge is 2.18. The van der Waals surface area contributed by atoms with Gasteiger partial charge in [0.15, 0.2) is 0 Å². The number of benzene rings is 10. The molecule has 1 heterocycles. The summed E-state index contributed by atoms with van der Waals surface area (Å²) in [4.78, 5) is 2.39. The number of fused-ring (bicyclic) bond motifs is 8. The first-order valence-corrected chi connectivity index (χ1v) is 19.3. The van der Waals surface area contributed by atoms with Crippen LogP contribution in [0.15, 0.2) is 218 Å². The van der Waals surface area contributed by atoms with Crippen molar-refractivity contribution in [3.63, 3.8) is 0 Å². The van der Waals surface area contributed by atoms with Gasteiger partial charge in [0.1, 0.15) is 0 Å². The number of anilines is 3. The Hall–Kier alpha value is -7.42. The van der Waals surface area contributed by atoms with Crippen molar-refractivity contribution >= 4 is 71.2 Å². The van der Waals surface area contributed by atoms with Crippen LogP contribution in [-0.2, 0) is 0 Å². The SMILES string of the molecule is c1ccc(-c2cccc(N(c3ccc(-c4ccc5ccc6c7ccccc7ccc6c5c4)cc3)c3ccc4c5ccccc5n(-c5ccccc5)c4c3)c2)cc1. The largest absolute Gasteiger partial charge is 0.310 e. The highest BCUT2D eigenvalue weighted by atomic mass is 15.1. The van der Waals surface area contributed by atoms with E-state index in [2.05, 4.69) is 228 Å². The molecule has 0 saturated carbocycles. The zero-order valence-corrected chi connectivity index (χ0v) is 30.7. The maximum atomic E-state index is 2.39. The molecule has 0 spiro atoms. The normalized spacial score (nSPS) is 11.6. The number of hydrogen-bond acceptors (Lipinski definition) is 1. The van der Waals surface area contributed by atoms with Crippen LogP contribution in [0.2, 0.25) is 0 Å². The maximum absolute atomic E-state index is 2.39. The molecule has 262 valence electrons. The molecule has 0 unspecified atom stereocenters. The molecule has 2 nitrogen and oxygen atoms in total. The monoisotopic (exact) mass is 712 g/mol. The Morgan fingerprint density at radius 3 is 1.62 bits per heavy atom. The number of aromatic nitrogens is 1. The van der Waals surface area contributed by atoms with Crippen LogP contribution < -0.4 is 4.90 Å². The van der Waals surface area contributed by atoms with Crippen molar-refractivity contribution in [1.29, 1.82) is 0 Å². The molecule has 0 aliphatic carbocycles. The zero-order chi connectivity index (χ0) is 37.0. The Bertz CT molecular complexity index is 3230. The summed E-state index contributed by atoms with van der Waals surface area (Å²) in [6.45, 7) is 0. The second-order valence-electron chi connectivity index (χ2n) is 14.6. The van der Waals surface area contributed by atoms with E-state index < -0.39 is 0 Å². The van der Waals surface area contributed by atoms with Crippen LogP contribution >= 0.6 is 0 Å². The summed E-state index contributed by atoms with van der Waals surface area (Å²) < 4.78 is 2.39. The first-order chi connectivity index (χ1) is 27.8. The summed E-state index contributed by atoms with van der Waals surface area (Å²) >= 11 is 0. The van der Waals surface area contributed by atoms with Crippen LogP contribution in [0.3, 0.4) is 0 Å². The van der Waals surface area contributed by atoms with E-state index in [-0.39, 0.29) is 0 Å². The summed E-state index contributed by atoms with van der Waals surface area (Å²) in [7, 11) is 0. The summed E-state index contributed by atoms with van der Waals surface area (Å²) in [6, 6.07) is 79.5. The minimum Gasteiger partial charge on any atom is -0.310 e. The van der Waals surface area contributed by atoms with E-state index in [1.54, 1.807) is 0 Å². The Morgan fingerprint density at radius 2 is 0.804 bits per heavy atom. The van der Waals surface area contributed by atoms with E-state index >= 15 is 0 Å². The average Bonchev–Trinajstić information content (AvgIpc) is 3.61. The van der Waals surface area contributed by atoms with Crippen molar-refractivity contribution in [1.82, 2.24) is 4.57 Å². The molecular formula is C54H36N2. The lowest BCUT2D eigenvalue weighted by atomic mass is 9.94. The van der Waals surface area contributed by atoms with Crippen LogP contribution in [0.25, 0.3) is 82.1 Å². The third kappa shape index (κ3) is 5.34. The molecule has 11 rings (SSSR count). The second kappa shape index (κ2) is 13.2.